The molecule has 0 amide bonds. The lowest BCUT2D eigenvalue weighted by Gasteiger charge is -2.14. The normalized spacial score (nSPS) is 10.3. The maximum atomic E-state index is 6.14. The molecule has 0 N–H and O–H groups in total. The van der Waals surface area contributed by atoms with E-state index in [-0.39, 0.29) is 5.38 Å². The van der Waals surface area contributed by atoms with Gasteiger partial charge in [-0.3, -0.25) is 0 Å². The van der Waals surface area contributed by atoms with Gasteiger partial charge >= 0.3 is 0 Å². The van der Waals surface area contributed by atoms with Crippen molar-refractivity contribution in [2.75, 3.05) is 0 Å². The molecule has 0 aliphatic rings. The summed E-state index contributed by atoms with van der Waals surface area (Å²) in [4.78, 5) is 0. The van der Waals surface area contributed by atoms with Crippen LogP contribution in [0.3, 0.4) is 0 Å². The van der Waals surface area contributed by atoms with Crippen molar-refractivity contribution in [3.8, 4) is 0 Å². The van der Waals surface area contributed by atoms with E-state index in [0.717, 1.165) is 36.8 Å². The standard InChI is InChI=1S/C11H19Cl/c1-5-7-9(3)11(12)10(4)8-6-2/h11H,3-8H2,1-2H3. The number of allylic oxidation sites excluding steroid dienone is 2. The van der Waals surface area contributed by atoms with Crippen LogP contribution in [0.15, 0.2) is 24.3 Å². The largest absolute Gasteiger partial charge is 0.113 e. The minimum atomic E-state index is -0.00935. The summed E-state index contributed by atoms with van der Waals surface area (Å²) in [5.74, 6) is 0. The molecule has 0 aromatic rings. The monoisotopic (exact) mass is 186 g/mol. The first kappa shape index (κ1) is 11.8. The maximum Gasteiger partial charge on any atom is 0.0750 e. The summed E-state index contributed by atoms with van der Waals surface area (Å²) in [6.07, 6.45) is 4.25. The van der Waals surface area contributed by atoms with Crippen molar-refractivity contribution in [3.63, 3.8) is 0 Å². The second-order valence-corrected chi connectivity index (χ2v) is 3.62. The third kappa shape index (κ3) is 3.96. The summed E-state index contributed by atoms with van der Waals surface area (Å²) in [5.41, 5.74) is 2.22. The number of halogens is 1. The van der Waals surface area contributed by atoms with Crippen molar-refractivity contribution in [2.24, 2.45) is 0 Å². The molecule has 0 aliphatic heterocycles. The summed E-state index contributed by atoms with van der Waals surface area (Å²) >= 11 is 6.14. The number of alkyl halides is 1. The molecule has 12 heavy (non-hydrogen) atoms. The summed E-state index contributed by atoms with van der Waals surface area (Å²) in [5, 5.41) is -0.00935. The zero-order valence-corrected chi connectivity index (χ0v) is 8.95. The molecule has 0 aromatic carbocycles. The van der Waals surface area contributed by atoms with Crippen LogP contribution in [-0.4, -0.2) is 5.38 Å². The lowest BCUT2D eigenvalue weighted by Crippen LogP contribution is -2.05. The number of hydrogen-bond donors (Lipinski definition) is 0. The van der Waals surface area contributed by atoms with Gasteiger partial charge in [0.1, 0.15) is 0 Å². The summed E-state index contributed by atoms with van der Waals surface area (Å²) < 4.78 is 0. The molecule has 0 unspecified atom stereocenters. The fourth-order valence-electron chi connectivity index (χ4n) is 1.18. The highest BCUT2D eigenvalue weighted by atomic mass is 35.5. The average molecular weight is 187 g/mol. The number of rotatable bonds is 6. The summed E-state index contributed by atoms with van der Waals surface area (Å²) in [7, 11) is 0. The van der Waals surface area contributed by atoms with Crippen LogP contribution >= 0.6 is 11.6 Å². The van der Waals surface area contributed by atoms with Crippen LogP contribution in [0.1, 0.15) is 39.5 Å². The Labute approximate surface area is 81.3 Å². The molecular weight excluding hydrogens is 168 g/mol. The van der Waals surface area contributed by atoms with Crippen LogP contribution in [0.2, 0.25) is 0 Å². The Morgan fingerprint density at radius 2 is 1.42 bits per heavy atom. The minimum Gasteiger partial charge on any atom is -0.113 e. The van der Waals surface area contributed by atoms with Gasteiger partial charge in [-0.2, -0.15) is 0 Å². The predicted molar refractivity (Wildman–Crippen MR) is 57.7 cm³/mol. The molecule has 0 bridgehead atoms. The molecule has 0 atom stereocenters. The van der Waals surface area contributed by atoms with Gasteiger partial charge in [0.05, 0.1) is 5.38 Å². The molecule has 0 saturated carbocycles. The van der Waals surface area contributed by atoms with Crippen LogP contribution in [0, 0.1) is 0 Å². The van der Waals surface area contributed by atoms with Gasteiger partial charge in [-0.1, -0.05) is 51.0 Å². The second kappa shape index (κ2) is 6.30. The quantitative estimate of drug-likeness (QED) is 0.429. The molecule has 0 rings (SSSR count). The average Bonchev–Trinajstić information content (AvgIpc) is 2.04. The van der Waals surface area contributed by atoms with Gasteiger partial charge in [-0.25, -0.2) is 0 Å². The first-order valence-electron chi connectivity index (χ1n) is 4.62. The van der Waals surface area contributed by atoms with Gasteiger partial charge < -0.3 is 0 Å². The molecular formula is C11H19Cl. The Morgan fingerprint density at radius 3 is 1.67 bits per heavy atom. The van der Waals surface area contributed by atoms with Crippen molar-refractivity contribution in [2.45, 2.75) is 44.9 Å². The van der Waals surface area contributed by atoms with Gasteiger partial charge in [-0.15, -0.1) is 11.6 Å². The highest BCUT2D eigenvalue weighted by Gasteiger charge is 2.10. The van der Waals surface area contributed by atoms with Crippen molar-refractivity contribution < 1.29 is 0 Å². The molecule has 0 heterocycles. The van der Waals surface area contributed by atoms with Crippen LogP contribution in [0.4, 0.5) is 0 Å². The third-order valence-corrected chi connectivity index (χ3v) is 2.48. The molecule has 0 aliphatic carbocycles. The van der Waals surface area contributed by atoms with E-state index in [0.29, 0.717) is 0 Å². The van der Waals surface area contributed by atoms with E-state index in [9.17, 15) is 0 Å². The van der Waals surface area contributed by atoms with E-state index in [1.807, 2.05) is 0 Å². The van der Waals surface area contributed by atoms with Crippen LogP contribution < -0.4 is 0 Å². The van der Waals surface area contributed by atoms with Crippen molar-refractivity contribution in [1.82, 2.24) is 0 Å². The first-order valence-corrected chi connectivity index (χ1v) is 5.06. The molecule has 0 nitrogen and oxygen atoms in total. The Balaban J connectivity index is 3.91. The van der Waals surface area contributed by atoms with E-state index in [1.165, 1.54) is 0 Å². The van der Waals surface area contributed by atoms with E-state index in [1.54, 1.807) is 0 Å². The molecule has 1 heteroatoms. The van der Waals surface area contributed by atoms with Gasteiger partial charge in [0.2, 0.25) is 0 Å². The van der Waals surface area contributed by atoms with Gasteiger partial charge in [-0.05, 0) is 12.8 Å². The first-order chi connectivity index (χ1) is 5.63. The lowest BCUT2D eigenvalue weighted by atomic mass is 10.0. The van der Waals surface area contributed by atoms with Gasteiger partial charge in [0.15, 0.2) is 0 Å². The Bertz CT molecular complexity index is 140. The van der Waals surface area contributed by atoms with Gasteiger partial charge in [0.25, 0.3) is 0 Å². The zero-order valence-electron chi connectivity index (χ0n) is 8.20. The molecule has 0 saturated heterocycles. The lowest BCUT2D eigenvalue weighted by molar-refractivity contribution is 0.827. The van der Waals surface area contributed by atoms with Crippen molar-refractivity contribution >= 4 is 11.6 Å². The Hall–Kier alpha value is -0.230. The molecule has 0 aromatic heterocycles. The minimum absolute atomic E-state index is 0.00935. The molecule has 0 fully saturated rings. The van der Waals surface area contributed by atoms with Crippen LogP contribution in [-0.2, 0) is 0 Å². The third-order valence-electron chi connectivity index (χ3n) is 1.86. The molecule has 0 spiro atoms. The predicted octanol–water partition coefficient (Wildman–Crippen LogP) is 4.31. The highest BCUT2D eigenvalue weighted by molar-refractivity contribution is 6.24. The highest BCUT2D eigenvalue weighted by Crippen LogP contribution is 2.23. The fraction of sp³-hybridized carbons (Fsp3) is 0.636. The smallest absolute Gasteiger partial charge is 0.0750 e. The van der Waals surface area contributed by atoms with Crippen molar-refractivity contribution in [1.29, 1.82) is 0 Å². The van der Waals surface area contributed by atoms with E-state index < -0.39 is 0 Å². The zero-order chi connectivity index (χ0) is 9.56. The fourth-order valence-corrected chi connectivity index (χ4v) is 1.40. The SMILES string of the molecule is C=C(CCC)C(Cl)C(=C)CCC. The summed E-state index contributed by atoms with van der Waals surface area (Å²) in [6.45, 7) is 12.2. The van der Waals surface area contributed by atoms with Crippen molar-refractivity contribution in [3.05, 3.63) is 24.3 Å². The van der Waals surface area contributed by atoms with Gasteiger partial charge in [0, 0.05) is 0 Å². The topological polar surface area (TPSA) is 0 Å². The van der Waals surface area contributed by atoms with E-state index in [4.69, 9.17) is 11.6 Å². The molecule has 0 radical (unpaired) electrons. The second-order valence-electron chi connectivity index (χ2n) is 3.18. The van der Waals surface area contributed by atoms with E-state index in [2.05, 4.69) is 27.0 Å². The molecule has 70 valence electrons. The Kier molecular flexibility index (Phi) is 6.18. The van der Waals surface area contributed by atoms with Crippen LogP contribution in [0.25, 0.3) is 0 Å². The maximum absolute atomic E-state index is 6.14. The number of hydrogen-bond acceptors (Lipinski definition) is 0. The Morgan fingerprint density at radius 1 is 1.08 bits per heavy atom. The van der Waals surface area contributed by atoms with E-state index >= 15 is 0 Å². The summed E-state index contributed by atoms with van der Waals surface area (Å²) in [6, 6.07) is 0. The van der Waals surface area contributed by atoms with Crippen LogP contribution in [0.5, 0.6) is 0 Å².